The fourth-order valence-corrected chi connectivity index (χ4v) is 4.02. The van der Waals surface area contributed by atoms with E-state index >= 15 is 0 Å². The molecule has 1 heterocycles. The van der Waals surface area contributed by atoms with E-state index in [1.165, 1.54) is 32.5 Å². The van der Waals surface area contributed by atoms with Crippen LogP contribution >= 0.6 is 11.8 Å². The van der Waals surface area contributed by atoms with Gasteiger partial charge in [0, 0.05) is 30.6 Å². The van der Waals surface area contributed by atoms with Gasteiger partial charge in [-0.2, -0.15) is 0 Å². The van der Waals surface area contributed by atoms with Crippen molar-refractivity contribution in [2.45, 2.75) is 62.4 Å². The van der Waals surface area contributed by atoms with E-state index in [2.05, 4.69) is 10.0 Å². The van der Waals surface area contributed by atoms with Crippen molar-refractivity contribution in [2.24, 2.45) is 5.11 Å². The molecule has 1 aliphatic rings. The van der Waals surface area contributed by atoms with Gasteiger partial charge in [0.15, 0.2) is 12.2 Å². The first-order chi connectivity index (χ1) is 14.2. The van der Waals surface area contributed by atoms with Gasteiger partial charge in [-0.15, -0.1) is 0 Å². The van der Waals surface area contributed by atoms with Crippen molar-refractivity contribution in [3.63, 3.8) is 0 Å². The summed E-state index contributed by atoms with van der Waals surface area (Å²) in [5.41, 5.74) is 9.35. The lowest BCUT2D eigenvalue weighted by Gasteiger charge is -2.43. The number of carbonyl (C=O) groups excluding carboxylic acids is 3. The zero-order chi connectivity index (χ0) is 22.3. The number of thioether (sulfide) groups is 1. The second-order valence-corrected chi connectivity index (χ2v) is 7.79. The summed E-state index contributed by atoms with van der Waals surface area (Å²) in [6.07, 6.45) is -3.19. The summed E-state index contributed by atoms with van der Waals surface area (Å²) < 4.78 is 21.8. The minimum Gasteiger partial charge on any atom is -0.463 e. The van der Waals surface area contributed by atoms with Gasteiger partial charge in [0.2, 0.25) is 0 Å². The number of nitrogens with zero attached hydrogens (tertiary/aromatic N) is 3. The van der Waals surface area contributed by atoms with Crippen molar-refractivity contribution in [3.8, 4) is 0 Å². The Morgan fingerprint density at radius 3 is 2.20 bits per heavy atom. The molecule has 0 aromatic heterocycles. The first-order valence-corrected chi connectivity index (χ1v) is 10.00. The smallest absolute Gasteiger partial charge is 0.303 e. The van der Waals surface area contributed by atoms with Crippen molar-refractivity contribution in [2.75, 3.05) is 6.61 Å². The maximum Gasteiger partial charge on any atom is 0.303 e. The quantitative estimate of drug-likeness (QED) is 0.209. The van der Waals surface area contributed by atoms with Gasteiger partial charge in [-0.25, -0.2) is 0 Å². The largest absolute Gasteiger partial charge is 0.463 e. The van der Waals surface area contributed by atoms with Gasteiger partial charge in [0.05, 0.1) is 0 Å². The predicted molar refractivity (Wildman–Crippen MR) is 106 cm³/mol. The lowest BCUT2D eigenvalue weighted by atomic mass is 9.98. The van der Waals surface area contributed by atoms with E-state index in [9.17, 15) is 14.4 Å². The van der Waals surface area contributed by atoms with Crippen LogP contribution in [0.3, 0.4) is 0 Å². The molecule has 162 valence electrons. The number of benzene rings is 1. The molecule has 1 saturated heterocycles. The van der Waals surface area contributed by atoms with Crippen LogP contribution in [0, 0.1) is 6.92 Å². The lowest BCUT2D eigenvalue weighted by Crippen LogP contribution is -2.59. The Labute approximate surface area is 177 Å². The number of hydrogen-bond acceptors (Lipinski definition) is 9. The van der Waals surface area contributed by atoms with E-state index in [0.29, 0.717) is 0 Å². The number of azide groups is 1. The molecule has 30 heavy (non-hydrogen) atoms. The first-order valence-electron chi connectivity index (χ1n) is 9.12. The molecule has 1 fully saturated rings. The maximum atomic E-state index is 11.7. The van der Waals surface area contributed by atoms with Gasteiger partial charge in [0.1, 0.15) is 24.2 Å². The van der Waals surface area contributed by atoms with Crippen LogP contribution in [0.1, 0.15) is 26.3 Å². The molecule has 0 bridgehead atoms. The number of carbonyl (C=O) groups is 3. The fourth-order valence-electron chi connectivity index (χ4n) is 2.92. The molecular formula is C19H23N3O7S. The fraction of sp³-hybridized carbons (Fsp3) is 0.526. The van der Waals surface area contributed by atoms with E-state index in [4.69, 9.17) is 24.5 Å². The highest BCUT2D eigenvalue weighted by atomic mass is 32.2. The molecule has 0 saturated carbocycles. The van der Waals surface area contributed by atoms with Gasteiger partial charge < -0.3 is 18.9 Å². The number of esters is 3. The predicted octanol–water partition coefficient (Wildman–Crippen LogP) is 2.92. The Balaban J connectivity index is 2.41. The Hall–Kier alpha value is -2.75. The van der Waals surface area contributed by atoms with Gasteiger partial charge in [-0.05, 0) is 24.6 Å². The average molecular weight is 437 g/mol. The molecule has 1 aromatic rings. The third-order valence-corrected chi connectivity index (χ3v) is 5.29. The normalized spacial score (nSPS) is 25.5. The number of hydrogen-bond donors (Lipinski definition) is 0. The van der Waals surface area contributed by atoms with E-state index < -0.39 is 47.7 Å². The summed E-state index contributed by atoms with van der Waals surface area (Å²) in [6, 6.07) is 6.57. The standard InChI is InChI=1S/C19H23N3O7S/c1-10-5-7-14(8-6-10)30-19-16(21-22-20)18(28-13(4)25)17(27-12(3)24)15(29-19)9-26-11(2)23/h5-8,15-19H,9H2,1-4H3/t15-,16-,17+,18-,19?/m1/s1. The molecule has 1 unspecified atom stereocenters. The summed E-state index contributed by atoms with van der Waals surface area (Å²) in [6.45, 7) is 5.32. The molecular weight excluding hydrogens is 414 g/mol. The van der Waals surface area contributed by atoms with Crippen molar-refractivity contribution < 1.29 is 33.3 Å². The van der Waals surface area contributed by atoms with Crippen molar-refractivity contribution in [1.82, 2.24) is 0 Å². The van der Waals surface area contributed by atoms with Crippen molar-refractivity contribution in [3.05, 3.63) is 40.3 Å². The molecule has 0 N–H and O–H groups in total. The highest BCUT2D eigenvalue weighted by molar-refractivity contribution is 7.99. The molecule has 10 nitrogen and oxygen atoms in total. The summed E-state index contributed by atoms with van der Waals surface area (Å²) >= 11 is 1.25. The van der Waals surface area contributed by atoms with Crippen LogP contribution in [0.15, 0.2) is 34.3 Å². The van der Waals surface area contributed by atoms with Crippen LogP contribution < -0.4 is 0 Å². The molecule has 11 heteroatoms. The van der Waals surface area contributed by atoms with Gasteiger partial charge in [0.25, 0.3) is 0 Å². The Bertz CT molecular complexity index is 826. The molecule has 0 radical (unpaired) electrons. The Morgan fingerprint density at radius 1 is 1.07 bits per heavy atom. The van der Waals surface area contributed by atoms with Crippen LogP contribution in [0.2, 0.25) is 0 Å². The summed E-state index contributed by atoms with van der Waals surface area (Å²) in [5, 5.41) is 3.76. The van der Waals surface area contributed by atoms with Crippen molar-refractivity contribution >= 4 is 29.7 Å². The number of aryl methyl sites for hydroxylation is 1. The average Bonchev–Trinajstić information content (AvgIpc) is 2.66. The molecule has 2 rings (SSSR count). The topological polar surface area (TPSA) is 137 Å². The van der Waals surface area contributed by atoms with E-state index in [1.54, 1.807) is 0 Å². The van der Waals surface area contributed by atoms with Crippen LogP contribution in [-0.4, -0.2) is 54.3 Å². The minimum atomic E-state index is -1.13. The zero-order valence-corrected chi connectivity index (χ0v) is 17.8. The van der Waals surface area contributed by atoms with E-state index in [0.717, 1.165) is 10.5 Å². The molecule has 0 spiro atoms. The summed E-state index contributed by atoms with van der Waals surface area (Å²) in [7, 11) is 0. The minimum absolute atomic E-state index is 0.237. The van der Waals surface area contributed by atoms with Crippen LogP contribution in [0.4, 0.5) is 0 Å². The second-order valence-electron chi connectivity index (χ2n) is 6.62. The van der Waals surface area contributed by atoms with Gasteiger partial charge in [-0.1, -0.05) is 34.6 Å². The van der Waals surface area contributed by atoms with Gasteiger partial charge >= 0.3 is 17.9 Å². The first kappa shape index (κ1) is 23.5. The monoisotopic (exact) mass is 437 g/mol. The Kier molecular flexibility index (Phi) is 8.52. The zero-order valence-electron chi connectivity index (χ0n) is 17.0. The molecule has 1 aromatic carbocycles. The van der Waals surface area contributed by atoms with Crippen LogP contribution in [0.25, 0.3) is 10.4 Å². The second kappa shape index (κ2) is 10.9. The van der Waals surface area contributed by atoms with Gasteiger partial charge in [-0.3, -0.25) is 14.4 Å². The highest BCUT2D eigenvalue weighted by Gasteiger charge is 2.50. The number of ether oxygens (including phenoxy) is 4. The highest BCUT2D eigenvalue weighted by Crippen LogP contribution is 2.37. The van der Waals surface area contributed by atoms with Crippen LogP contribution in [0.5, 0.6) is 0 Å². The lowest BCUT2D eigenvalue weighted by molar-refractivity contribution is -0.208. The molecule has 5 atom stereocenters. The molecule has 0 aliphatic carbocycles. The molecule has 1 aliphatic heterocycles. The van der Waals surface area contributed by atoms with E-state index in [1.807, 2.05) is 31.2 Å². The van der Waals surface area contributed by atoms with E-state index in [-0.39, 0.29) is 6.61 Å². The SMILES string of the molecule is CC(=O)OC[C@H]1OC(Sc2ccc(C)cc2)[C@H](N=[N+]=[N-])[C@@H](OC(C)=O)[C@H]1OC(C)=O. The summed E-state index contributed by atoms with van der Waals surface area (Å²) in [5.74, 6) is -1.86. The third-order valence-electron chi connectivity index (χ3n) is 4.13. The Morgan fingerprint density at radius 2 is 1.67 bits per heavy atom. The van der Waals surface area contributed by atoms with Crippen LogP contribution in [-0.2, 0) is 33.3 Å². The summed E-state index contributed by atoms with van der Waals surface area (Å²) in [4.78, 5) is 38.4. The number of rotatable bonds is 7. The maximum absolute atomic E-state index is 11.7. The third kappa shape index (κ3) is 6.65. The van der Waals surface area contributed by atoms with Crippen molar-refractivity contribution in [1.29, 1.82) is 0 Å². The molecule has 0 amide bonds.